The van der Waals surface area contributed by atoms with Crippen molar-refractivity contribution in [3.8, 4) is 0 Å². The molecule has 2 nitrogen and oxygen atoms in total. The van der Waals surface area contributed by atoms with Crippen LogP contribution in [-0.4, -0.2) is 19.3 Å². The van der Waals surface area contributed by atoms with E-state index >= 15 is 0 Å². The third-order valence-electron chi connectivity index (χ3n) is 3.17. The van der Waals surface area contributed by atoms with Crippen LogP contribution < -0.4 is 5.32 Å². The van der Waals surface area contributed by atoms with Crippen LogP contribution in [0.1, 0.15) is 44.4 Å². The Hall–Kier alpha value is -0.930. The van der Waals surface area contributed by atoms with E-state index in [0.717, 1.165) is 24.1 Å². The standard InChI is InChI=1S/C15H24FNO/c1-6-17-14(10-15(3,4)18-5)12-7-11(2)8-13(16)9-12/h7-9,14,17H,6,10H2,1-5H3. The largest absolute Gasteiger partial charge is 0.379 e. The van der Waals surface area contributed by atoms with Gasteiger partial charge in [-0.05, 0) is 57.0 Å². The zero-order chi connectivity index (χ0) is 13.8. The van der Waals surface area contributed by atoms with E-state index < -0.39 is 0 Å². The Morgan fingerprint density at radius 2 is 2.00 bits per heavy atom. The van der Waals surface area contributed by atoms with Gasteiger partial charge in [0, 0.05) is 13.2 Å². The number of halogens is 1. The molecule has 0 bridgehead atoms. The second kappa shape index (κ2) is 6.30. The minimum Gasteiger partial charge on any atom is -0.379 e. The molecule has 0 amide bonds. The Bertz CT molecular complexity index is 370. The third-order valence-corrected chi connectivity index (χ3v) is 3.17. The summed E-state index contributed by atoms with van der Waals surface area (Å²) in [6, 6.07) is 5.29. The fourth-order valence-corrected chi connectivity index (χ4v) is 2.09. The summed E-state index contributed by atoms with van der Waals surface area (Å²) in [4.78, 5) is 0. The molecule has 0 fully saturated rings. The quantitative estimate of drug-likeness (QED) is 0.836. The highest BCUT2D eigenvalue weighted by Crippen LogP contribution is 2.27. The fourth-order valence-electron chi connectivity index (χ4n) is 2.09. The van der Waals surface area contributed by atoms with Gasteiger partial charge in [-0.25, -0.2) is 4.39 Å². The second-order valence-corrected chi connectivity index (χ2v) is 5.34. The highest BCUT2D eigenvalue weighted by Gasteiger charge is 2.23. The Morgan fingerprint density at radius 3 is 2.50 bits per heavy atom. The summed E-state index contributed by atoms with van der Waals surface area (Å²) < 4.78 is 18.9. The minimum atomic E-state index is -0.229. The van der Waals surface area contributed by atoms with Crippen LogP contribution in [0.3, 0.4) is 0 Å². The average Bonchev–Trinajstić information content (AvgIpc) is 2.27. The lowest BCUT2D eigenvalue weighted by molar-refractivity contribution is 0.00694. The molecule has 0 aliphatic carbocycles. The van der Waals surface area contributed by atoms with Crippen molar-refractivity contribution in [3.63, 3.8) is 0 Å². The van der Waals surface area contributed by atoms with Gasteiger partial charge in [0.1, 0.15) is 5.82 Å². The van der Waals surface area contributed by atoms with Gasteiger partial charge in [-0.15, -0.1) is 0 Å². The fraction of sp³-hybridized carbons (Fsp3) is 0.600. The van der Waals surface area contributed by atoms with E-state index in [1.807, 2.05) is 26.8 Å². The van der Waals surface area contributed by atoms with E-state index in [0.29, 0.717) is 0 Å². The molecule has 1 aromatic carbocycles. The molecule has 102 valence electrons. The maximum Gasteiger partial charge on any atom is 0.123 e. The molecule has 0 aliphatic rings. The summed E-state index contributed by atoms with van der Waals surface area (Å²) in [6.07, 6.45) is 0.806. The number of aryl methyl sites for hydroxylation is 1. The second-order valence-electron chi connectivity index (χ2n) is 5.34. The van der Waals surface area contributed by atoms with E-state index in [2.05, 4.69) is 12.2 Å². The number of hydrogen-bond donors (Lipinski definition) is 1. The summed E-state index contributed by atoms with van der Waals surface area (Å²) in [5, 5.41) is 3.40. The summed E-state index contributed by atoms with van der Waals surface area (Å²) in [5.41, 5.74) is 1.70. The number of ether oxygens (including phenoxy) is 1. The molecule has 0 heterocycles. The van der Waals surface area contributed by atoms with Crippen molar-refractivity contribution >= 4 is 0 Å². The predicted octanol–water partition coefficient (Wildman–Crippen LogP) is 3.60. The number of hydrogen-bond acceptors (Lipinski definition) is 2. The summed E-state index contributed by atoms with van der Waals surface area (Å²) in [6.45, 7) is 8.91. The molecule has 18 heavy (non-hydrogen) atoms. The molecule has 0 aliphatic heterocycles. The smallest absolute Gasteiger partial charge is 0.123 e. The topological polar surface area (TPSA) is 21.3 Å². The van der Waals surface area contributed by atoms with Crippen LogP contribution in [-0.2, 0) is 4.74 Å². The Morgan fingerprint density at radius 1 is 1.33 bits per heavy atom. The van der Waals surface area contributed by atoms with Crippen LogP contribution in [0.5, 0.6) is 0 Å². The zero-order valence-electron chi connectivity index (χ0n) is 12.0. The molecule has 1 rings (SSSR count). The maximum absolute atomic E-state index is 13.5. The van der Waals surface area contributed by atoms with E-state index in [1.165, 1.54) is 0 Å². The molecule has 0 radical (unpaired) electrons. The molecular formula is C15H24FNO. The Kier molecular flexibility index (Phi) is 5.29. The summed E-state index contributed by atoms with van der Waals surface area (Å²) in [7, 11) is 1.71. The van der Waals surface area contributed by atoms with Crippen LogP contribution >= 0.6 is 0 Å². The average molecular weight is 253 g/mol. The van der Waals surface area contributed by atoms with Crippen molar-refractivity contribution in [1.82, 2.24) is 5.32 Å². The summed E-state index contributed by atoms with van der Waals surface area (Å²) >= 11 is 0. The molecule has 0 saturated carbocycles. The molecule has 3 heteroatoms. The molecule has 1 aromatic rings. The summed E-state index contributed by atoms with van der Waals surface area (Å²) in [5.74, 6) is -0.178. The van der Waals surface area contributed by atoms with Crippen molar-refractivity contribution in [2.45, 2.75) is 45.8 Å². The molecule has 1 atom stereocenters. The van der Waals surface area contributed by atoms with Gasteiger partial charge in [0.2, 0.25) is 0 Å². The lowest BCUT2D eigenvalue weighted by atomic mass is 9.92. The SMILES string of the molecule is CCNC(CC(C)(C)OC)c1cc(C)cc(F)c1. The van der Waals surface area contributed by atoms with E-state index in [9.17, 15) is 4.39 Å². The first-order chi connectivity index (χ1) is 8.38. The Balaban J connectivity index is 2.96. The van der Waals surface area contributed by atoms with Gasteiger partial charge in [0.05, 0.1) is 5.60 Å². The molecular weight excluding hydrogens is 229 g/mol. The lowest BCUT2D eigenvalue weighted by Crippen LogP contribution is -2.32. The van der Waals surface area contributed by atoms with Crippen LogP contribution in [0, 0.1) is 12.7 Å². The van der Waals surface area contributed by atoms with Crippen LogP contribution in [0.2, 0.25) is 0 Å². The van der Waals surface area contributed by atoms with Crippen LogP contribution in [0.15, 0.2) is 18.2 Å². The van der Waals surface area contributed by atoms with Gasteiger partial charge in [-0.3, -0.25) is 0 Å². The van der Waals surface area contributed by atoms with E-state index in [-0.39, 0.29) is 17.5 Å². The first-order valence-corrected chi connectivity index (χ1v) is 6.43. The van der Waals surface area contributed by atoms with Crippen LogP contribution in [0.4, 0.5) is 4.39 Å². The molecule has 1 N–H and O–H groups in total. The number of nitrogens with one attached hydrogen (secondary N) is 1. The molecule has 1 unspecified atom stereocenters. The predicted molar refractivity (Wildman–Crippen MR) is 73.3 cm³/mol. The number of benzene rings is 1. The third kappa shape index (κ3) is 4.39. The lowest BCUT2D eigenvalue weighted by Gasteiger charge is -2.29. The molecule has 0 spiro atoms. The van der Waals surface area contributed by atoms with Crippen LogP contribution in [0.25, 0.3) is 0 Å². The zero-order valence-corrected chi connectivity index (χ0v) is 12.0. The van der Waals surface area contributed by atoms with Gasteiger partial charge in [0.15, 0.2) is 0 Å². The Labute approximate surface area is 110 Å². The van der Waals surface area contributed by atoms with E-state index in [4.69, 9.17) is 4.74 Å². The minimum absolute atomic E-state index is 0.111. The number of methoxy groups -OCH3 is 1. The van der Waals surface area contributed by atoms with Gasteiger partial charge in [-0.2, -0.15) is 0 Å². The van der Waals surface area contributed by atoms with Crippen molar-refractivity contribution in [2.24, 2.45) is 0 Å². The monoisotopic (exact) mass is 253 g/mol. The van der Waals surface area contributed by atoms with Gasteiger partial charge >= 0.3 is 0 Å². The molecule has 0 aromatic heterocycles. The van der Waals surface area contributed by atoms with E-state index in [1.54, 1.807) is 19.2 Å². The van der Waals surface area contributed by atoms with Gasteiger partial charge in [0.25, 0.3) is 0 Å². The van der Waals surface area contributed by atoms with Crippen molar-refractivity contribution < 1.29 is 9.13 Å². The van der Waals surface area contributed by atoms with Crippen molar-refractivity contribution in [3.05, 3.63) is 35.1 Å². The molecule has 0 saturated heterocycles. The maximum atomic E-state index is 13.5. The van der Waals surface area contributed by atoms with Crippen molar-refractivity contribution in [2.75, 3.05) is 13.7 Å². The van der Waals surface area contributed by atoms with Crippen molar-refractivity contribution in [1.29, 1.82) is 0 Å². The highest BCUT2D eigenvalue weighted by molar-refractivity contribution is 5.26. The number of rotatable bonds is 6. The highest BCUT2D eigenvalue weighted by atomic mass is 19.1. The first kappa shape index (κ1) is 15.1. The van der Waals surface area contributed by atoms with Gasteiger partial charge < -0.3 is 10.1 Å². The van der Waals surface area contributed by atoms with Gasteiger partial charge in [-0.1, -0.05) is 13.0 Å². The first-order valence-electron chi connectivity index (χ1n) is 6.43. The normalized spacial score (nSPS) is 13.7.